The van der Waals surface area contributed by atoms with E-state index in [0.717, 1.165) is 6.42 Å². The van der Waals surface area contributed by atoms with E-state index in [0.29, 0.717) is 0 Å². The molecule has 2 nitrogen and oxygen atoms in total. The summed E-state index contributed by atoms with van der Waals surface area (Å²) in [5.41, 5.74) is 2.69. The van der Waals surface area contributed by atoms with Crippen molar-refractivity contribution in [3.8, 4) is 0 Å². The second kappa shape index (κ2) is 5.55. The zero-order valence-corrected chi connectivity index (χ0v) is 12.0. The summed E-state index contributed by atoms with van der Waals surface area (Å²) < 4.78 is 0. The van der Waals surface area contributed by atoms with Crippen LogP contribution in [-0.2, 0) is 16.6 Å². The maximum atomic E-state index is 10.9. The average Bonchev–Trinajstić information content (AvgIpc) is 2.27. The molecule has 1 aromatic carbocycles. The van der Waals surface area contributed by atoms with Gasteiger partial charge in [0.25, 0.3) is 0 Å². The molecule has 2 heteroatoms. The maximum Gasteiger partial charge on any atom is 0.306 e. The molecule has 0 heterocycles. The van der Waals surface area contributed by atoms with Gasteiger partial charge in [0.1, 0.15) is 0 Å². The third-order valence-electron chi connectivity index (χ3n) is 3.62. The summed E-state index contributed by atoms with van der Waals surface area (Å²) in [6.45, 7) is 10.3. The highest BCUT2D eigenvalue weighted by molar-refractivity contribution is 5.69. The molecule has 0 amide bonds. The minimum absolute atomic E-state index is 0.156. The summed E-state index contributed by atoms with van der Waals surface area (Å²) in [5, 5.41) is 8.98. The number of benzene rings is 1. The first-order valence-corrected chi connectivity index (χ1v) is 6.54. The van der Waals surface area contributed by atoms with E-state index in [4.69, 9.17) is 5.11 Å². The molecule has 0 spiro atoms. The monoisotopic (exact) mass is 248 g/mol. The SMILES string of the molecule is CC(Cc1ccc(C(C)(C)C)cc1)C(C)C(=O)O. The quantitative estimate of drug-likeness (QED) is 0.878. The van der Waals surface area contributed by atoms with Crippen LogP contribution in [0.25, 0.3) is 0 Å². The number of hydrogen-bond donors (Lipinski definition) is 1. The van der Waals surface area contributed by atoms with Crippen LogP contribution in [0.2, 0.25) is 0 Å². The van der Waals surface area contributed by atoms with Crippen molar-refractivity contribution in [2.75, 3.05) is 0 Å². The number of rotatable bonds is 4. The second-order valence-corrected chi connectivity index (χ2v) is 6.26. The Morgan fingerprint density at radius 2 is 1.67 bits per heavy atom. The van der Waals surface area contributed by atoms with E-state index in [2.05, 4.69) is 45.0 Å². The fraction of sp³-hybridized carbons (Fsp3) is 0.562. The van der Waals surface area contributed by atoms with Crippen LogP contribution >= 0.6 is 0 Å². The molecule has 1 rings (SSSR count). The molecule has 2 unspecified atom stereocenters. The maximum absolute atomic E-state index is 10.9. The van der Waals surface area contributed by atoms with Gasteiger partial charge in [-0.25, -0.2) is 0 Å². The fourth-order valence-electron chi connectivity index (χ4n) is 1.93. The first-order valence-electron chi connectivity index (χ1n) is 6.54. The lowest BCUT2D eigenvalue weighted by molar-refractivity contribution is -0.142. The van der Waals surface area contributed by atoms with Gasteiger partial charge in [0.05, 0.1) is 5.92 Å². The van der Waals surface area contributed by atoms with E-state index in [-0.39, 0.29) is 17.3 Å². The Balaban J connectivity index is 2.73. The lowest BCUT2D eigenvalue weighted by Crippen LogP contribution is -2.20. The zero-order valence-electron chi connectivity index (χ0n) is 12.0. The summed E-state index contributed by atoms with van der Waals surface area (Å²) in [4.78, 5) is 10.9. The van der Waals surface area contributed by atoms with Crippen molar-refractivity contribution in [2.45, 2.75) is 46.5 Å². The smallest absolute Gasteiger partial charge is 0.306 e. The molecule has 0 aliphatic rings. The van der Waals surface area contributed by atoms with Gasteiger partial charge in [-0.15, -0.1) is 0 Å². The van der Waals surface area contributed by atoms with Crippen molar-refractivity contribution >= 4 is 5.97 Å². The standard InChI is InChI=1S/C16H24O2/c1-11(12(2)15(17)18)10-13-6-8-14(9-7-13)16(3,4)5/h6-9,11-12H,10H2,1-5H3,(H,17,18). The van der Waals surface area contributed by atoms with Crippen LogP contribution in [0.4, 0.5) is 0 Å². The van der Waals surface area contributed by atoms with Crippen LogP contribution in [0, 0.1) is 11.8 Å². The van der Waals surface area contributed by atoms with Crippen LogP contribution in [0.15, 0.2) is 24.3 Å². The highest BCUT2D eigenvalue weighted by Crippen LogP contribution is 2.24. The molecule has 1 aromatic rings. The number of hydrogen-bond acceptors (Lipinski definition) is 1. The highest BCUT2D eigenvalue weighted by atomic mass is 16.4. The Kier molecular flexibility index (Phi) is 4.55. The molecule has 0 saturated carbocycles. The fourth-order valence-corrected chi connectivity index (χ4v) is 1.93. The summed E-state index contributed by atoms with van der Waals surface area (Å²) in [5.74, 6) is -0.857. The number of carboxylic acid groups (broad SMARTS) is 1. The van der Waals surface area contributed by atoms with Crippen LogP contribution in [0.5, 0.6) is 0 Å². The van der Waals surface area contributed by atoms with E-state index in [9.17, 15) is 4.79 Å². The van der Waals surface area contributed by atoms with Gasteiger partial charge in [0.15, 0.2) is 0 Å². The normalized spacial score (nSPS) is 15.2. The lowest BCUT2D eigenvalue weighted by atomic mass is 9.85. The first-order chi connectivity index (χ1) is 8.21. The predicted octanol–water partition coefficient (Wildman–Crippen LogP) is 3.88. The number of carbonyl (C=O) groups is 1. The van der Waals surface area contributed by atoms with Crippen molar-refractivity contribution < 1.29 is 9.90 Å². The molecular weight excluding hydrogens is 224 g/mol. The van der Waals surface area contributed by atoms with Crippen LogP contribution in [0.1, 0.15) is 45.7 Å². The highest BCUT2D eigenvalue weighted by Gasteiger charge is 2.20. The van der Waals surface area contributed by atoms with Crippen LogP contribution in [-0.4, -0.2) is 11.1 Å². The van der Waals surface area contributed by atoms with E-state index in [1.165, 1.54) is 11.1 Å². The molecule has 18 heavy (non-hydrogen) atoms. The predicted molar refractivity (Wildman–Crippen MR) is 74.8 cm³/mol. The van der Waals surface area contributed by atoms with Crippen LogP contribution in [0.3, 0.4) is 0 Å². The molecule has 2 atom stereocenters. The van der Waals surface area contributed by atoms with E-state index in [1.54, 1.807) is 6.92 Å². The average molecular weight is 248 g/mol. The Morgan fingerprint density at radius 3 is 2.06 bits per heavy atom. The zero-order chi connectivity index (χ0) is 13.9. The molecule has 0 aliphatic carbocycles. The van der Waals surface area contributed by atoms with E-state index in [1.807, 2.05) is 6.92 Å². The van der Waals surface area contributed by atoms with Crippen molar-refractivity contribution in [2.24, 2.45) is 11.8 Å². The lowest BCUT2D eigenvalue weighted by Gasteiger charge is -2.20. The topological polar surface area (TPSA) is 37.3 Å². The third-order valence-corrected chi connectivity index (χ3v) is 3.62. The van der Waals surface area contributed by atoms with Crippen molar-refractivity contribution in [3.05, 3.63) is 35.4 Å². The number of aliphatic carboxylic acids is 1. The minimum Gasteiger partial charge on any atom is -0.481 e. The van der Waals surface area contributed by atoms with Gasteiger partial charge in [0, 0.05) is 0 Å². The molecule has 0 radical (unpaired) electrons. The van der Waals surface area contributed by atoms with Crippen molar-refractivity contribution in [3.63, 3.8) is 0 Å². The van der Waals surface area contributed by atoms with Gasteiger partial charge in [-0.3, -0.25) is 4.79 Å². The summed E-state index contributed by atoms with van der Waals surface area (Å²) >= 11 is 0. The molecule has 0 aromatic heterocycles. The van der Waals surface area contributed by atoms with Gasteiger partial charge >= 0.3 is 5.97 Å². The molecule has 100 valence electrons. The Hall–Kier alpha value is -1.31. The Labute approximate surface area is 110 Å². The van der Waals surface area contributed by atoms with Crippen molar-refractivity contribution in [1.82, 2.24) is 0 Å². The van der Waals surface area contributed by atoms with Gasteiger partial charge in [0.2, 0.25) is 0 Å². The van der Waals surface area contributed by atoms with Gasteiger partial charge in [-0.2, -0.15) is 0 Å². The second-order valence-electron chi connectivity index (χ2n) is 6.26. The molecule has 0 aliphatic heterocycles. The minimum atomic E-state index is -0.714. The van der Waals surface area contributed by atoms with Gasteiger partial charge in [-0.1, -0.05) is 58.9 Å². The summed E-state index contributed by atoms with van der Waals surface area (Å²) in [6.07, 6.45) is 0.817. The molecule has 0 saturated heterocycles. The summed E-state index contributed by atoms with van der Waals surface area (Å²) in [6, 6.07) is 8.53. The molecule has 1 N–H and O–H groups in total. The van der Waals surface area contributed by atoms with Gasteiger partial charge in [-0.05, 0) is 28.9 Å². The first kappa shape index (κ1) is 14.7. The Morgan fingerprint density at radius 1 is 1.17 bits per heavy atom. The van der Waals surface area contributed by atoms with Crippen LogP contribution < -0.4 is 0 Å². The Bertz CT molecular complexity index is 398. The largest absolute Gasteiger partial charge is 0.481 e. The molecule has 0 bridgehead atoms. The summed E-state index contributed by atoms with van der Waals surface area (Å²) in [7, 11) is 0. The molecular formula is C16H24O2. The molecule has 0 fully saturated rings. The third kappa shape index (κ3) is 3.86. The van der Waals surface area contributed by atoms with Gasteiger partial charge < -0.3 is 5.11 Å². The van der Waals surface area contributed by atoms with Crippen molar-refractivity contribution in [1.29, 1.82) is 0 Å². The van der Waals surface area contributed by atoms with E-state index >= 15 is 0 Å². The van der Waals surface area contributed by atoms with E-state index < -0.39 is 5.97 Å². The number of carboxylic acids is 1.